The summed E-state index contributed by atoms with van der Waals surface area (Å²) < 4.78 is 0. The van der Waals surface area contributed by atoms with E-state index in [1.807, 2.05) is 106 Å². The zero-order valence-corrected chi connectivity index (χ0v) is 18.1. The highest BCUT2D eigenvalue weighted by Gasteiger charge is 2.40. The molecule has 2 amide bonds. The monoisotopic (exact) mass is 410 g/mol. The van der Waals surface area contributed by atoms with Crippen molar-refractivity contribution in [1.82, 2.24) is 0 Å². The average molecular weight is 411 g/mol. The second-order valence-electron chi connectivity index (χ2n) is 7.98. The molecule has 4 nitrogen and oxygen atoms in total. The Morgan fingerprint density at radius 1 is 0.806 bits per heavy atom. The zero-order valence-electron chi connectivity index (χ0n) is 18.1. The van der Waals surface area contributed by atoms with Gasteiger partial charge in [-0.1, -0.05) is 78.4 Å². The number of rotatable bonds is 4. The van der Waals surface area contributed by atoms with Crippen LogP contribution in [0.4, 0.5) is 11.4 Å². The minimum absolute atomic E-state index is 0.0205. The third-order valence-electron chi connectivity index (χ3n) is 5.65. The van der Waals surface area contributed by atoms with Crippen LogP contribution in [0, 0.1) is 20.8 Å². The van der Waals surface area contributed by atoms with Crippen LogP contribution < -0.4 is 9.80 Å². The fraction of sp³-hybridized carbons (Fsp3) is 0.185. The van der Waals surface area contributed by atoms with Gasteiger partial charge in [-0.2, -0.15) is 0 Å². The molecule has 0 unspecified atom stereocenters. The zero-order chi connectivity index (χ0) is 22.0. The first-order valence-electron chi connectivity index (χ1n) is 10.5. The normalized spacial score (nSPS) is 16.9. The predicted octanol–water partition coefficient (Wildman–Crippen LogP) is 5.07. The number of hydrogen-bond donors (Lipinski definition) is 0. The summed E-state index contributed by atoms with van der Waals surface area (Å²) in [6.07, 6.45) is 3.74. The lowest BCUT2D eigenvalue weighted by Gasteiger charge is -2.40. The fourth-order valence-corrected chi connectivity index (χ4v) is 4.08. The summed E-state index contributed by atoms with van der Waals surface area (Å²) in [6, 6.07) is 22.7. The predicted molar refractivity (Wildman–Crippen MR) is 126 cm³/mol. The van der Waals surface area contributed by atoms with Gasteiger partial charge in [-0.25, -0.2) is 0 Å². The quantitative estimate of drug-likeness (QED) is 0.602. The van der Waals surface area contributed by atoms with Gasteiger partial charge >= 0.3 is 0 Å². The minimum Gasteiger partial charge on any atom is -0.301 e. The third kappa shape index (κ3) is 4.15. The van der Waals surface area contributed by atoms with E-state index in [1.54, 1.807) is 9.80 Å². The number of anilines is 2. The van der Waals surface area contributed by atoms with Crippen LogP contribution in [0.25, 0.3) is 6.08 Å². The van der Waals surface area contributed by atoms with Crippen LogP contribution in [0.2, 0.25) is 0 Å². The SMILES string of the molecule is Cc1ccc(N2C(=O)CN(c3ccccc3C)C(=O)[C@@H]2/C=C\c2ccccc2)c(C)c1. The molecule has 156 valence electrons. The first-order valence-corrected chi connectivity index (χ1v) is 10.5. The van der Waals surface area contributed by atoms with Crippen molar-refractivity contribution in [3.63, 3.8) is 0 Å². The van der Waals surface area contributed by atoms with Gasteiger partial charge in [0.2, 0.25) is 5.91 Å². The number of carbonyl (C=O) groups is 2. The van der Waals surface area contributed by atoms with Gasteiger partial charge in [0.25, 0.3) is 5.91 Å². The number of aryl methyl sites for hydroxylation is 3. The Labute approximate surface area is 183 Å². The summed E-state index contributed by atoms with van der Waals surface area (Å²) in [7, 11) is 0. The topological polar surface area (TPSA) is 40.6 Å². The summed E-state index contributed by atoms with van der Waals surface area (Å²) in [5.74, 6) is -0.210. The second kappa shape index (κ2) is 8.60. The molecule has 1 atom stereocenters. The largest absolute Gasteiger partial charge is 0.301 e. The highest BCUT2D eigenvalue weighted by molar-refractivity contribution is 6.15. The molecule has 0 aromatic heterocycles. The Morgan fingerprint density at radius 2 is 1.52 bits per heavy atom. The van der Waals surface area contributed by atoms with E-state index in [0.717, 1.165) is 33.6 Å². The molecule has 0 saturated carbocycles. The average Bonchev–Trinajstić information content (AvgIpc) is 2.76. The van der Waals surface area contributed by atoms with Gasteiger partial charge in [0, 0.05) is 11.4 Å². The molecule has 4 heteroatoms. The van der Waals surface area contributed by atoms with E-state index in [0.29, 0.717) is 0 Å². The molecule has 0 spiro atoms. The van der Waals surface area contributed by atoms with Crippen molar-refractivity contribution >= 4 is 29.3 Å². The highest BCUT2D eigenvalue weighted by atomic mass is 16.2. The van der Waals surface area contributed by atoms with Gasteiger partial charge in [-0.3, -0.25) is 14.5 Å². The molecule has 3 aromatic rings. The third-order valence-corrected chi connectivity index (χ3v) is 5.65. The van der Waals surface area contributed by atoms with Crippen molar-refractivity contribution in [3.8, 4) is 0 Å². The van der Waals surface area contributed by atoms with Crippen LogP contribution in [-0.4, -0.2) is 24.4 Å². The summed E-state index contributed by atoms with van der Waals surface area (Å²) in [5, 5.41) is 0. The summed E-state index contributed by atoms with van der Waals surface area (Å²) in [6.45, 7) is 5.98. The Hall–Kier alpha value is -3.66. The van der Waals surface area contributed by atoms with Crippen LogP contribution in [0.5, 0.6) is 0 Å². The van der Waals surface area contributed by atoms with Crippen LogP contribution in [0.15, 0.2) is 78.9 Å². The number of amides is 2. The molecular formula is C27H26N2O2. The number of hydrogen-bond acceptors (Lipinski definition) is 2. The van der Waals surface area contributed by atoms with E-state index >= 15 is 0 Å². The maximum Gasteiger partial charge on any atom is 0.254 e. The van der Waals surface area contributed by atoms with E-state index in [4.69, 9.17) is 0 Å². The lowest BCUT2D eigenvalue weighted by Crippen LogP contribution is -2.60. The van der Waals surface area contributed by atoms with Crippen molar-refractivity contribution in [2.24, 2.45) is 0 Å². The Balaban J connectivity index is 1.79. The van der Waals surface area contributed by atoms with Gasteiger partial charge in [0.15, 0.2) is 0 Å². The molecule has 0 aliphatic carbocycles. The maximum absolute atomic E-state index is 13.7. The highest BCUT2D eigenvalue weighted by Crippen LogP contribution is 2.31. The number of nitrogens with zero attached hydrogens (tertiary/aromatic N) is 2. The lowest BCUT2D eigenvalue weighted by molar-refractivity contribution is -0.127. The van der Waals surface area contributed by atoms with Crippen LogP contribution >= 0.6 is 0 Å². The molecule has 1 heterocycles. The number of para-hydroxylation sites is 1. The Kier molecular flexibility index (Phi) is 5.72. The fourth-order valence-electron chi connectivity index (χ4n) is 4.08. The smallest absolute Gasteiger partial charge is 0.254 e. The molecule has 0 bridgehead atoms. The maximum atomic E-state index is 13.7. The summed E-state index contributed by atoms with van der Waals surface area (Å²) in [4.78, 5) is 30.3. The van der Waals surface area contributed by atoms with Crippen molar-refractivity contribution in [2.75, 3.05) is 16.3 Å². The van der Waals surface area contributed by atoms with E-state index in [-0.39, 0.29) is 18.4 Å². The molecule has 3 aromatic carbocycles. The van der Waals surface area contributed by atoms with Crippen molar-refractivity contribution in [3.05, 3.63) is 101 Å². The van der Waals surface area contributed by atoms with Gasteiger partial charge in [-0.05, 0) is 49.6 Å². The number of carbonyl (C=O) groups excluding carboxylic acids is 2. The van der Waals surface area contributed by atoms with Crippen LogP contribution in [0.3, 0.4) is 0 Å². The molecule has 1 aliphatic rings. The second-order valence-corrected chi connectivity index (χ2v) is 7.98. The minimum atomic E-state index is -0.720. The Bertz CT molecular complexity index is 1150. The summed E-state index contributed by atoms with van der Waals surface area (Å²) in [5.41, 5.74) is 5.60. The summed E-state index contributed by atoms with van der Waals surface area (Å²) >= 11 is 0. The number of piperazine rings is 1. The molecule has 0 radical (unpaired) electrons. The van der Waals surface area contributed by atoms with Crippen LogP contribution in [0.1, 0.15) is 22.3 Å². The lowest BCUT2D eigenvalue weighted by atomic mass is 10.0. The van der Waals surface area contributed by atoms with E-state index < -0.39 is 6.04 Å². The van der Waals surface area contributed by atoms with Gasteiger partial charge in [0.05, 0.1) is 0 Å². The van der Waals surface area contributed by atoms with Crippen molar-refractivity contribution in [2.45, 2.75) is 26.8 Å². The standard InChI is InChI=1S/C27H26N2O2/c1-19-13-15-24(21(3)17-19)29-25(16-14-22-10-5-4-6-11-22)27(31)28(18-26(29)30)23-12-8-7-9-20(23)2/h4-17,25H,18H2,1-3H3/b16-14-/t25-/m0/s1. The first-order chi connectivity index (χ1) is 15.0. The first kappa shape index (κ1) is 20.6. The molecule has 1 fully saturated rings. The van der Waals surface area contributed by atoms with Gasteiger partial charge in [0.1, 0.15) is 12.6 Å². The van der Waals surface area contributed by atoms with Crippen molar-refractivity contribution < 1.29 is 9.59 Å². The van der Waals surface area contributed by atoms with Crippen LogP contribution in [-0.2, 0) is 9.59 Å². The van der Waals surface area contributed by atoms with Crippen molar-refractivity contribution in [1.29, 1.82) is 0 Å². The molecule has 0 N–H and O–H groups in total. The Morgan fingerprint density at radius 3 is 2.23 bits per heavy atom. The number of benzene rings is 3. The van der Waals surface area contributed by atoms with E-state index in [1.165, 1.54) is 0 Å². The molecular weight excluding hydrogens is 384 g/mol. The molecule has 1 aliphatic heterocycles. The molecule has 4 rings (SSSR count). The van der Waals surface area contributed by atoms with E-state index in [9.17, 15) is 9.59 Å². The molecule has 31 heavy (non-hydrogen) atoms. The van der Waals surface area contributed by atoms with Gasteiger partial charge in [-0.15, -0.1) is 0 Å². The van der Waals surface area contributed by atoms with Gasteiger partial charge < -0.3 is 4.90 Å². The van der Waals surface area contributed by atoms with E-state index in [2.05, 4.69) is 0 Å². The molecule has 1 saturated heterocycles.